The maximum Gasteiger partial charge on any atom is 0.206 e. The van der Waals surface area contributed by atoms with Crippen molar-refractivity contribution in [3.05, 3.63) is 59.7 Å². The maximum absolute atomic E-state index is 9.26. The fourth-order valence-corrected chi connectivity index (χ4v) is 2.94. The summed E-state index contributed by atoms with van der Waals surface area (Å²) in [6, 6.07) is 17.9. The van der Waals surface area contributed by atoms with Crippen molar-refractivity contribution in [1.82, 2.24) is 10.7 Å². The highest BCUT2D eigenvalue weighted by molar-refractivity contribution is 7.80. The van der Waals surface area contributed by atoms with Gasteiger partial charge in [-0.15, -0.1) is 5.10 Å². The highest BCUT2D eigenvalue weighted by Gasteiger charge is 2.05. The first-order valence-corrected chi connectivity index (χ1v) is 10.4. The van der Waals surface area contributed by atoms with Gasteiger partial charge in [0.2, 0.25) is 5.90 Å². The van der Waals surface area contributed by atoms with Crippen molar-refractivity contribution in [3.63, 3.8) is 0 Å². The van der Waals surface area contributed by atoms with Crippen LogP contribution in [0.1, 0.15) is 50.7 Å². The van der Waals surface area contributed by atoms with Crippen LogP contribution in [-0.2, 0) is 11.3 Å². The fraction of sp³-hybridized carbons (Fsp3) is 0.348. The second kappa shape index (κ2) is 12.5. The van der Waals surface area contributed by atoms with E-state index in [0.29, 0.717) is 29.7 Å². The first-order valence-electron chi connectivity index (χ1n) is 9.99. The molecule has 0 heterocycles. The Morgan fingerprint density at radius 3 is 2.55 bits per heavy atom. The molecule has 2 aromatic rings. The standard InChI is InChI=1S/C23H28N4OS/c1-3-5-6-11-22(28-4-2)26-27-23(29)25-17-18-12-14-19(15-13-18)21-10-8-7-9-20(21)16-24/h7-10,12-15H,3-6,11,17H2,1-2H3,(H2,25,27,29)/b26-22-. The van der Waals surface area contributed by atoms with E-state index in [1.54, 1.807) is 0 Å². The Morgan fingerprint density at radius 2 is 1.86 bits per heavy atom. The molecule has 0 bridgehead atoms. The van der Waals surface area contributed by atoms with Gasteiger partial charge >= 0.3 is 0 Å². The van der Waals surface area contributed by atoms with Gasteiger partial charge in [0.05, 0.1) is 18.2 Å². The third-order valence-corrected chi connectivity index (χ3v) is 4.59. The largest absolute Gasteiger partial charge is 0.480 e. The zero-order valence-corrected chi connectivity index (χ0v) is 17.9. The number of hydrogen-bond donors (Lipinski definition) is 2. The Kier molecular flexibility index (Phi) is 9.67. The van der Waals surface area contributed by atoms with Gasteiger partial charge in [0.1, 0.15) is 0 Å². The second-order valence-corrected chi connectivity index (χ2v) is 6.95. The van der Waals surface area contributed by atoms with E-state index in [-0.39, 0.29) is 0 Å². The Morgan fingerprint density at radius 1 is 1.10 bits per heavy atom. The third-order valence-electron chi connectivity index (χ3n) is 4.35. The number of hydrazone groups is 1. The molecule has 6 heteroatoms. The predicted molar refractivity (Wildman–Crippen MR) is 122 cm³/mol. The highest BCUT2D eigenvalue weighted by atomic mass is 32.1. The van der Waals surface area contributed by atoms with Crippen molar-refractivity contribution in [2.45, 2.75) is 46.1 Å². The minimum absolute atomic E-state index is 0.455. The average molecular weight is 409 g/mol. The smallest absolute Gasteiger partial charge is 0.206 e. The molecule has 29 heavy (non-hydrogen) atoms. The van der Waals surface area contributed by atoms with Gasteiger partial charge in [-0.1, -0.05) is 62.2 Å². The molecule has 0 fully saturated rings. The van der Waals surface area contributed by atoms with Gasteiger partial charge in [-0.05, 0) is 48.3 Å². The Bertz CT molecular complexity index is 856. The molecule has 0 aliphatic heterocycles. The number of nitrogens with zero attached hydrogens (tertiary/aromatic N) is 2. The van der Waals surface area contributed by atoms with Crippen molar-refractivity contribution in [2.24, 2.45) is 5.10 Å². The normalized spacial score (nSPS) is 10.9. The van der Waals surface area contributed by atoms with Crippen LogP contribution in [-0.4, -0.2) is 17.6 Å². The van der Waals surface area contributed by atoms with E-state index < -0.39 is 0 Å². The molecule has 0 radical (unpaired) electrons. The molecule has 0 amide bonds. The van der Waals surface area contributed by atoms with Gasteiger partial charge in [-0.25, -0.2) is 0 Å². The van der Waals surface area contributed by atoms with Crippen molar-refractivity contribution in [2.75, 3.05) is 6.61 Å². The lowest BCUT2D eigenvalue weighted by atomic mass is 9.99. The van der Waals surface area contributed by atoms with Crippen LogP contribution >= 0.6 is 12.2 Å². The summed E-state index contributed by atoms with van der Waals surface area (Å²) in [7, 11) is 0. The molecular weight excluding hydrogens is 380 g/mol. The topological polar surface area (TPSA) is 69.4 Å². The summed E-state index contributed by atoms with van der Waals surface area (Å²) < 4.78 is 5.55. The quantitative estimate of drug-likeness (QED) is 0.198. The fourth-order valence-electron chi connectivity index (χ4n) is 2.82. The van der Waals surface area contributed by atoms with Gasteiger partial charge in [0, 0.05) is 13.0 Å². The number of unbranched alkanes of at least 4 members (excludes halogenated alkanes) is 2. The average Bonchev–Trinajstić information content (AvgIpc) is 2.76. The molecular formula is C23H28N4OS. The predicted octanol–water partition coefficient (Wildman–Crippen LogP) is 5.12. The lowest BCUT2D eigenvalue weighted by Gasteiger charge is -2.11. The van der Waals surface area contributed by atoms with Gasteiger partial charge in [0.15, 0.2) is 5.11 Å². The van der Waals surface area contributed by atoms with Crippen molar-refractivity contribution < 1.29 is 4.74 Å². The lowest BCUT2D eigenvalue weighted by molar-refractivity contribution is 0.313. The molecule has 0 aliphatic carbocycles. The monoisotopic (exact) mass is 408 g/mol. The zero-order chi connectivity index (χ0) is 20.9. The molecule has 152 valence electrons. The molecule has 0 saturated heterocycles. The summed E-state index contributed by atoms with van der Waals surface area (Å²) in [6.07, 6.45) is 4.18. The molecule has 0 unspecified atom stereocenters. The summed E-state index contributed by atoms with van der Waals surface area (Å²) >= 11 is 5.31. The molecule has 2 rings (SSSR count). The summed E-state index contributed by atoms with van der Waals surface area (Å²) in [5.41, 5.74) is 6.58. The van der Waals surface area contributed by atoms with E-state index in [2.05, 4.69) is 28.8 Å². The molecule has 2 N–H and O–H groups in total. The van der Waals surface area contributed by atoms with Crippen molar-refractivity contribution in [1.29, 1.82) is 5.26 Å². The van der Waals surface area contributed by atoms with Crippen LogP contribution in [0.2, 0.25) is 0 Å². The number of ether oxygens (including phenoxy) is 1. The van der Waals surface area contributed by atoms with E-state index in [0.717, 1.165) is 42.4 Å². The zero-order valence-electron chi connectivity index (χ0n) is 17.1. The molecule has 2 aromatic carbocycles. The molecule has 0 aliphatic rings. The summed E-state index contributed by atoms with van der Waals surface area (Å²) in [5.74, 6) is 0.686. The lowest BCUT2D eigenvalue weighted by Crippen LogP contribution is -2.32. The van der Waals surface area contributed by atoms with E-state index in [9.17, 15) is 5.26 Å². The number of nitriles is 1. The first kappa shape index (κ1) is 22.4. The van der Waals surface area contributed by atoms with Crippen LogP contribution in [0.25, 0.3) is 11.1 Å². The summed E-state index contributed by atoms with van der Waals surface area (Å²) in [5, 5.41) is 17.1. The van der Waals surface area contributed by atoms with E-state index in [4.69, 9.17) is 17.0 Å². The number of benzene rings is 2. The molecule has 0 atom stereocenters. The van der Waals surface area contributed by atoms with Crippen LogP contribution in [0.3, 0.4) is 0 Å². The first-order chi connectivity index (χ1) is 14.2. The van der Waals surface area contributed by atoms with Crippen LogP contribution in [0.5, 0.6) is 0 Å². The minimum Gasteiger partial charge on any atom is -0.480 e. The van der Waals surface area contributed by atoms with Crippen LogP contribution in [0.15, 0.2) is 53.6 Å². The van der Waals surface area contributed by atoms with E-state index in [1.165, 1.54) is 0 Å². The van der Waals surface area contributed by atoms with Crippen LogP contribution in [0.4, 0.5) is 0 Å². The summed E-state index contributed by atoms with van der Waals surface area (Å²) in [6.45, 7) is 5.30. The maximum atomic E-state index is 9.26. The third kappa shape index (κ3) is 7.55. The minimum atomic E-state index is 0.455. The molecule has 0 saturated carbocycles. The Hall–Kier alpha value is -2.91. The number of nitrogens with one attached hydrogen (secondary N) is 2. The van der Waals surface area contributed by atoms with Gasteiger partial charge in [-0.3, -0.25) is 5.43 Å². The second-order valence-electron chi connectivity index (χ2n) is 6.54. The van der Waals surface area contributed by atoms with Gasteiger partial charge in [-0.2, -0.15) is 5.26 Å². The Labute approximate surface area is 178 Å². The molecule has 0 aromatic heterocycles. The number of thiocarbonyl (C=S) groups is 1. The molecule has 0 spiro atoms. The summed E-state index contributed by atoms with van der Waals surface area (Å²) in [4.78, 5) is 0. The number of hydrogen-bond acceptors (Lipinski definition) is 4. The highest BCUT2D eigenvalue weighted by Crippen LogP contribution is 2.23. The number of rotatable bonds is 9. The Balaban J connectivity index is 1.88. The van der Waals surface area contributed by atoms with E-state index in [1.807, 2.05) is 55.5 Å². The molecule has 5 nitrogen and oxygen atoms in total. The van der Waals surface area contributed by atoms with Crippen molar-refractivity contribution in [3.8, 4) is 17.2 Å². The van der Waals surface area contributed by atoms with Gasteiger partial charge in [0.25, 0.3) is 0 Å². The van der Waals surface area contributed by atoms with E-state index >= 15 is 0 Å². The van der Waals surface area contributed by atoms with Gasteiger partial charge < -0.3 is 10.1 Å². The van der Waals surface area contributed by atoms with Crippen LogP contribution in [0, 0.1) is 11.3 Å². The van der Waals surface area contributed by atoms with Crippen molar-refractivity contribution >= 4 is 23.2 Å². The van der Waals surface area contributed by atoms with Crippen LogP contribution < -0.4 is 10.7 Å². The SMILES string of the molecule is CCCCC/C(=N/NC(=S)NCc1ccc(-c2ccccc2C#N)cc1)OCC.